The molecular weight excluding hydrogens is 396 g/mol. The van der Waals surface area contributed by atoms with Crippen LogP contribution >= 0.6 is 0 Å². The Bertz CT molecular complexity index is 1020. The Morgan fingerprint density at radius 1 is 1.03 bits per heavy atom. The Morgan fingerprint density at radius 3 is 2.50 bits per heavy atom. The zero-order valence-electron chi connectivity index (χ0n) is 19.0. The summed E-state index contributed by atoms with van der Waals surface area (Å²) in [4.78, 5) is 15.5. The van der Waals surface area contributed by atoms with Crippen LogP contribution in [0.3, 0.4) is 0 Å². The lowest BCUT2D eigenvalue weighted by atomic mass is 9.99. The highest BCUT2D eigenvalue weighted by atomic mass is 16.5. The van der Waals surface area contributed by atoms with Crippen molar-refractivity contribution in [2.24, 2.45) is 5.92 Å². The summed E-state index contributed by atoms with van der Waals surface area (Å²) >= 11 is 0. The summed E-state index contributed by atoms with van der Waals surface area (Å²) in [5, 5.41) is 3.12. The molecular formula is C28H32N2O2. The number of hydrogen-bond acceptors (Lipinski definition) is 3. The van der Waals surface area contributed by atoms with Gasteiger partial charge >= 0.3 is 0 Å². The van der Waals surface area contributed by atoms with Crippen LogP contribution in [0.15, 0.2) is 78.9 Å². The number of hydrogen-bond donors (Lipinski definition) is 1. The lowest BCUT2D eigenvalue weighted by Gasteiger charge is -2.33. The lowest BCUT2D eigenvalue weighted by molar-refractivity contribution is 0.0935. The second-order valence-electron chi connectivity index (χ2n) is 8.75. The first-order valence-electron chi connectivity index (χ1n) is 11.5. The predicted molar refractivity (Wildman–Crippen MR) is 130 cm³/mol. The number of rotatable bonds is 7. The third-order valence-corrected chi connectivity index (χ3v) is 6.13. The van der Waals surface area contributed by atoms with Gasteiger partial charge in [-0.15, -0.1) is 0 Å². The van der Waals surface area contributed by atoms with E-state index in [9.17, 15) is 4.79 Å². The Hall–Kier alpha value is -3.27. The van der Waals surface area contributed by atoms with Crippen LogP contribution in [-0.4, -0.2) is 19.0 Å². The first-order chi connectivity index (χ1) is 15.6. The molecule has 0 saturated carbocycles. The molecule has 0 aliphatic carbocycles. The van der Waals surface area contributed by atoms with Gasteiger partial charge in [0.1, 0.15) is 12.4 Å². The third-order valence-electron chi connectivity index (χ3n) is 6.13. The van der Waals surface area contributed by atoms with Crippen molar-refractivity contribution in [3.05, 3.63) is 95.6 Å². The molecule has 32 heavy (non-hydrogen) atoms. The molecule has 0 aromatic heterocycles. The lowest BCUT2D eigenvalue weighted by Crippen LogP contribution is -2.34. The average Bonchev–Trinajstić information content (AvgIpc) is 2.83. The number of para-hydroxylation sites is 1. The highest BCUT2D eigenvalue weighted by Crippen LogP contribution is 2.25. The van der Waals surface area contributed by atoms with Gasteiger partial charge < -0.3 is 15.0 Å². The van der Waals surface area contributed by atoms with Crippen molar-refractivity contribution in [2.75, 3.05) is 18.0 Å². The molecule has 1 fully saturated rings. The summed E-state index contributed by atoms with van der Waals surface area (Å²) in [6.07, 6.45) is 2.56. The molecule has 4 heteroatoms. The zero-order valence-corrected chi connectivity index (χ0v) is 19.0. The van der Waals surface area contributed by atoms with Gasteiger partial charge in [-0.3, -0.25) is 4.79 Å². The molecule has 0 unspecified atom stereocenters. The average molecular weight is 429 g/mol. The molecule has 1 aliphatic rings. The first kappa shape index (κ1) is 21.9. The van der Waals surface area contributed by atoms with Crippen LogP contribution in [-0.2, 0) is 6.61 Å². The highest BCUT2D eigenvalue weighted by Gasteiger charge is 2.18. The Kier molecular flexibility index (Phi) is 7.10. The molecule has 4 nitrogen and oxygen atoms in total. The normalized spacial score (nSPS) is 16.9. The van der Waals surface area contributed by atoms with Gasteiger partial charge in [-0.05, 0) is 61.1 Å². The first-order valence-corrected chi connectivity index (χ1v) is 11.5. The van der Waals surface area contributed by atoms with Crippen LogP contribution < -0.4 is 15.0 Å². The van der Waals surface area contributed by atoms with E-state index in [-0.39, 0.29) is 11.9 Å². The molecule has 0 spiro atoms. The number of carbonyl (C=O) groups excluding carboxylic acids is 1. The van der Waals surface area contributed by atoms with Gasteiger partial charge in [0.05, 0.1) is 11.6 Å². The van der Waals surface area contributed by atoms with Crippen molar-refractivity contribution in [1.29, 1.82) is 0 Å². The minimum Gasteiger partial charge on any atom is -0.488 e. The van der Waals surface area contributed by atoms with Gasteiger partial charge in [0.25, 0.3) is 5.91 Å². The maximum atomic E-state index is 13.0. The maximum Gasteiger partial charge on any atom is 0.255 e. The van der Waals surface area contributed by atoms with Gasteiger partial charge in [0.15, 0.2) is 0 Å². The van der Waals surface area contributed by atoms with Crippen molar-refractivity contribution >= 4 is 11.6 Å². The summed E-state index contributed by atoms with van der Waals surface area (Å²) < 4.78 is 5.96. The van der Waals surface area contributed by atoms with Gasteiger partial charge in [0, 0.05) is 18.8 Å². The third kappa shape index (κ3) is 5.50. The van der Waals surface area contributed by atoms with E-state index in [2.05, 4.69) is 41.4 Å². The van der Waals surface area contributed by atoms with Crippen molar-refractivity contribution in [3.63, 3.8) is 0 Å². The van der Waals surface area contributed by atoms with Gasteiger partial charge in [-0.1, -0.05) is 61.5 Å². The van der Waals surface area contributed by atoms with Crippen LogP contribution in [0.25, 0.3) is 0 Å². The van der Waals surface area contributed by atoms with E-state index >= 15 is 0 Å². The minimum absolute atomic E-state index is 0.0981. The number of anilines is 1. The number of benzene rings is 3. The largest absolute Gasteiger partial charge is 0.488 e. The van der Waals surface area contributed by atoms with Crippen LogP contribution in [0.2, 0.25) is 0 Å². The molecule has 1 amide bonds. The minimum atomic E-state index is -0.130. The van der Waals surface area contributed by atoms with E-state index in [1.165, 1.54) is 18.5 Å². The molecule has 1 aliphatic heterocycles. The van der Waals surface area contributed by atoms with E-state index in [4.69, 9.17) is 4.74 Å². The second kappa shape index (κ2) is 10.4. The van der Waals surface area contributed by atoms with E-state index in [0.29, 0.717) is 17.9 Å². The van der Waals surface area contributed by atoms with Crippen molar-refractivity contribution < 1.29 is 9.53 Å². The molecule has 1 saturated heterocycles. The number of ether oxygens (including phenoxy) is 1. The molecule has 0 bridgehead atoms. The number of nitrogens with zero attached hydrogens (tertiary/aromatic N) is 1. The molecule has 0 radical (unpaired) electrons. The smallest absolute Gasteiger partial charge is 0.255 e. The Balaban J connectivity index is 1.39. The molecule has 2 atom stereocenters. The summed E-state index contributed by atoms with van der Waals surface area (Å²) in [5.41, 5.74) is 3.97. The maximum absolute atomic E-state index is 13.0. The summed E-state index contributed by atoms with van der Waals surface area (Å²) in [6.45, 7) is 7.00. The van der Waals surface area contributed by atoms with Gasteiger partial charge in [-0.25, -0.2) is 0 Å². The summed E-state index contributed by atoms with van der Waals surface area (Å²) in [5.74, 6) is 1.21. The molecule has 4 rings (SSSR count). The fourth-order valence-electron chi connectivity index (χ4n) is 4.27. The van der Waals surface area contributed by atoms with Gasteiger partial charge in [-0.2, -0.15) is 0 Å². The number of nitrogens with one attached hydrogen (secondary N) is 1. The number of amides is 1. The van der Waals surface area contributed by atoms with Crippen molar-refractivity contribution in [1.82, 2.24) is 5.32 Å². The fraction of sp³-hybridized carbons (Fsp3) is 0.321. The molecule has 1 N–H and O–H groups in total. The Labute approximate surface area is 191 Å². The summed E-state index contributed by atoms with van der Waals surface area (Å²) in [6, 6.07) is 25.9. The van der Waals surface area contributed by atoms with Crippen LogP contribution in [0.1, 0.15) is 54.2 Å². The summed E-state index contributed by atoms with van der Waals surface area (Å²) in [7, 11) is 0. The molecule has 3 aromatic carbocycles. The number of piperidine rings is 1. The van der Waals surface area contributed by atoms with Crippen LogP contribution in [0.5, 0.6) is 5.75 Å². The van der Waals surface area contributed by atoms with E-state index in [1.54, 1.807) is 0 Å². The Morgan fingerprint density at radius 2 is 1.75 bits per heavy atom. The van der Waals surface area contributed by atoms with E-state index in [0.717, 1.165) is 30.1 Å². The molecule has 166 valence electrons. The van der Waals surface area contributed by atoms with E-state index < -0.39 is 0 Å². The number of carbonyl (C=O) groups is 1. The standard InChI is InChI=1S/C28H32N2O2/c1-21-9-8-18-30(19-21)25-16-14-24(15-17-25)22(2)29-28(31)26-12-6-7-13-27(26)32-20-23-10-4-3-5-11-23/h3-7,10-17,21-22H,8-9,18-20H2,1-2H3,(H,29,31)/t21-,22-/m1/s1. The second-order valence-corrected chi connectivity index (χ2v) is 8.75. The van der Waals surface area contributed by atoms with Gasteiger partial charge in [0.2, 0.25) is 0 Å². The highest BCUT2D eigenvalue weighted by molar-refractivity contribution is 5.97. The van der Waals surface area contributed by atoms with Crippen molar-refractivity contribution in [3.8, 4) is 5.75 Å². The van der Waals surface area contributed by atoms with Crippen LogP contribution in [0, 0.1) is 5.92 Å². The zero-order chi connectivity index (χ0) is 22.3. The van der Waals surface area contributed by atoms with E-state index in [1.807, 2.05) is 61.5 Å². The van der Waals surface area contributed by atoms with Crippen LogP contribution in [0.4, 0.5) is 5.69 Å². The fourth-order valence-corrected chi connectivity index (χ4v) is 4.27. The topological polar surface area (TPSA) is 41.6 Å². The SMILES string of the molecule is C[C@@H]1CCCN(c2ccc([C@@H](C)NC(=O)c3ccccc3OCc3ccccc3)cc2)C1. The molecule has 1 heterocycles. The van der Waals surface area contributed by atoms with Crippen molar-refractivity contribution in [2.45, 2.75) is 39.3 Å². The quantitative estimate of drug-likeness (QED) is 0.502. The predicted octanol–water partition coefficient (Wildman–Crippen LogP) is 5.99. The monoisotopic (exact) mass is 428 g/mol. The molecule has 3 aromatic rings.